The van der Waals surface area contributed by atoms with Gasteiger partial charge in [-0.25, -0.2) is 0 Å². The Bertz CT molecular complexity index is 1160. The van der Waals surface area contributed by atoms with Crippen LogP contribution in [-0.2, 0) is 29.0 Å². The molecule has 1 aromatic heterocycles. The summed E-state index contributed by atoms with van der Waals surface area (Å²) in [5.41, 5.74) is 2.64. The molecule has 0 radical (unpaired) electrons. The molecule has 2 heterocycles. The number of benzene rings is 2. The second-order valence-corrected chi connectivity index (χ2v) is 9.04. The number of furan rings is 1. The maximum Gasteiger partial charge on any atom is 0.254 e. The van der Waals surface area contributed by atoms with Crippen molar-refractivity contribution < 1.29 is 28.2 Å². The molecule has 1 aliphatic rings. The van der Waals surface area contributed by atoms with Crippen molar-refractivity contribution in [2.45, 2.75) is 39.3 Å². The Balaban J connectivity index is 1.50. The van der Waals surface area contributed by atoms with Gasteiger partial charge in [0.2, 0.25) is 12.7 Å². The largest absolute Gasteiger partial charge is 0.467 e. The second kappa shape index (κ2) is 13.0. The van der Waals surface area contributed by atoms with Gasteiger partial charge in [-0.05, 0) is 60.4 Å². The van der Waals surface area contributed by atoms with E-state index in [1.807, 2.05) is 48.5 Å². The zero-order valence-corrected chi connectivity index (χ0v) is 21.5. The van der Waals surface area contributed by atoms with Gasteiger partial charge in [0, 0.05) is 25.8 Å². The van der Waals surface area contributed by atoms with Gasteiger partial charge in [0.15, 0.2) is 11.5 Å². The van der Waals surface area contributed by atoms with Crippen molar-refractivity contribution in [3.63, 3.8) is 0 Å². The number of amides is 2. The molecule has 0 atom stereocenters. The Labute approximate surface area is 217 Å². The van der Waals surface area contributed by atoms with Crippen molar-refractivity contribution in [2.24, 2.45) is 0 Å². The van der Waals surface area contributed by atoms with E-state index in [0.29, 0.717) is 42.5 Å². The summed E-state index contributed by atoms with van der Waals surface area (Å²) < 4.78 is 21.6. The topological polar surface area (TPSA) is 81.5 Å². The predicted octanol–water partition coefficient (Wildman–Crippen LogP) is 4.67. The number of unbranched alkanes of at least 4 members (excludes halogenated alkanes) is 1. The number of hydrogen-bond acceptors (Lipinski definition) is 6. The lowest BCUT2D eigenvalue weighted by molar-refractivity contribution is -0.133. The highest BCUT2D eigenvalue weighted by Gasteiger charge is 2.24. The molecule has 37 heavy (non-hydrogen) atoms. The van der Waals surface area contributed by atoms with E-state index in [1.54, 1.807) is 29.2 Å². The predicted molar refractivity (Wildman–Crippen MR) is 138 cm³/mol. The van der Waals surface area contributed by atoms with Gasteiger partial charge >= 0.3 is 0 Å². The Kier molecular flexibility index (Phi) is 9.21. The van der Waals surface area contributed by atoms with Gasteiger partial charge in [0.1, 0.15) is 12.3 Å². The van der Waals surface area contributed by atoms with Crippen LogP contribution in [0.3, 0.4) is 0 Å². The van der Waals surface area contributed by atoms with Gasteiger partial charge in [0.25, 0.3) is 5.91 Å². The highest BCUT2D eigenvalue weighted by molar-refractivity contribution is 5.96. The molecule has 0 bridgehead atoms. The Hall–Kier alpha value is -3.78. The van der Waals surface area contributed by atoms with E-state index in [1.165, 1.54) is 5.56 Å². The normalized spacial score (nSPS) is 11.9. The van der Waals surface area contributed by atoms with Gasteiger partial charge < -0.3 is 28.4 Å². The molecule has 2 aromatic carbocycles. The van der Waals surface area contributed by atoms with E-state index in [4.69, 9.17) is 18.6 Å². The van der Waals surface area contributed by atoms with E-state index in [2.05, 4.69) is 6.92 Å². The lowest BCUT2D eigenvalue weighted by Crippen LogP contribution is -2.43. The first-order chi connectivity index (χ1) is 18.1. The van der Waals surface area contributed by atoms with Crippen LogP contribution in [0, 0.1) is 0 Å². The molecule has 0 saturated heterocycles. The molecule has 8 nitrogen and oxygen atoms in total. The number of hydrogen-bond donors (Lipinski definition) is 0. The van der Waals surface area contributed by atoms with Gasteiger partial charge in [-0.2, -0.15) is 0 Å². The van der Waals surface area contributed by atoms with Crippen molar-refractivity contribution >= 4 is 11.8 Å². The van der Waals surface area contributed by atoms with E-state index >= 15 is 0 Å². The average Bonchev–Trinajstić information content (AvgIpc) is 3.61. The van der Waals surface area contributed by atoms with Crippen LogP contribution in [0.15, 0.2) is 65.3 Å². The van der Waals surface area contributed by atoms with Crippen molar-refractivity contribution in [3.8, 4) is 11.5 Å². The first-order valence-electron chi connectivity index (χ1n) is 12.6. The van der Waals surface area contributed by atoms with Crippen molar-refractivity contribution in [3.05, 3.63) is 83.3 Å². The summed E-state index contributed by atoms with van der Waals surface area (Å²) in [5, 5.41) is 0. The molecule has 2 amide bonds. The van der Waals surface area contributed by atoms with Crippen LogP contribution in [-0.4, -0.2) is 55.2 Å². The molecule has 0 aliphatic carbocycles. The lowest BCUT2D eigenvalue weighted by Gasteiger charge is -2.27. The quantitative estimate of drug-likeness (QED) is 0.335. The van der Waals surface area contributed by atoms with Crippen molar-refractivity contribution in [2.75, 3.05) is 33.6 Å². The van der Waals surface area contributed by atoms with Crippen LogP contribution in [0.1, 0.15) is 47.0 Å². The summed E-state index contributed by atoms with van der Waals surface area (Å²) in [7, 11) is 1.58. The van der Waals surface area contributed by atoms with Crippen molar-refractivity contribution in [1.82, 2.24) is 9.80 Å². The van der Waals surface area contributed by atoms with Gasteiger partial charge in [0.05, 0.1) is 19.4 Å². The number of carbonyl (C=O) groups is 2. The number of aryl methyl sites for hydroxylation is 1. The van der Waals surface area contributed by atoms with Crippen molar-refractivity contribution in [1.29, 1.82) is 0 Å². The first-order valence-corrected chi connectivity index (χ1v) is 12.6. The molecular formula is C29H34N2O6. The summed E-state index contributed by atoms with van der Waals surface area (Å²) in [6, 6.07) is 16.9. The first kappa shape index (κ1) is 26.3. The van der Waals surface area contributed by atoms with Crippen LogP contribution in [0.5, 0.6) is 11.5 Å². The number of carbonyl (C=O) groups excluding carboxylic acids is 2. The third kappa shape index (κ3) is 7.13. The summed E-state index contributed by atoms with van der Waals surface area (Å²) >= 11 is 0. The summed E-state index contributed by atoms with van der Waals surface area (Å²) in [5.74, 6) is 1.60. The number of methoxy groups -OCH3 is 1. The fourth-order valence-electron chi connectivity index (χ4n) is 4.18. The average molecular weight is 507 g/mol. The molecule has 0 saturated carbocycles. The molecule has 4 rings (SSSR count). The molecule has 0 N–H and O–H groups in total. The standard InChI is InChI=1S/C29H34N2O6/c1-3-4-6-22-8-11-24(12-9-22)29(33)30(14-16-34-2)20-28(32)31(19-25-7-5-15-35-25)18-23-10-13-26-27(17-23)37-21-36-26/h5,7-13,15,17H,3-4,6,14,16,18-21H2,1-2H3. The molecule has 0 fully saturated rings. The van der Waals surface area contributed by atoms with Gasteiger partial charge in [-0.1, -0.05) is 31.5 Å². The highest BCUT2D eigenvalue weighted by atomic mass is 16.7. The Morgan fingerprint density at radius 3 is 2.46 bits per heavy atom. The maximum atomic E-state index is 13.6. The summed E-state index contributed by atoms with van der Waals surface area (Å²) in [6.07, 6.45) is 4.79. The van der Waals surface area contributed by atoms with Gasteiger partial charge in [-0.15, -0.1) is 0 Å². The monoisotopic (exact) mass is 506 g/mol. The van der Waals surface area contributed by atoms with Gasteiger partial charge in [-0.3, -0.25) is 9.59 Å². The summed E-state index contributed by atoms with van der Waals surface area (Å²) in [6.45, 7) is 3.50. The van der Waals surface area contributed by atoms with E-state index in [0.717, 1.165) is 24.8 Å². The molecular weight excluding hydrogens is 472 g/mol. The Morgan fingerprint density at radius 2 is 1.73 bits per heavy atom. The fraction of sp³-hybridized carbons (Fsp3) is 0.379. The fourth-order valence-corrected chi connectivity index (χ4v) is 4.18. The molecule has 0 unspecified atom stereocenters. The smallest absolute Gasteiger partial charge is 0.254 e. The van der Waals surface area contributed by atoms with Crippen LogP contribution in [0.4, 0.5) is 0 Å². The van der Waals surface area contributed by atoms with E-state index in [-0.39, 0.29) is 31.7 Å². The van der Waals surface area contributed by atoms with E-state index < -0.39 is 0 Å². The third-order valence-electron chi connectivity index (χ3n) is 6.29. The van der Waals surface area contributed by atoms with E-state index in [9.17, 15) is 9.59 Å². The highest BCUT2D eigenvalue weighted by Crippen LogP contribution is 2.33. The minimum absolute atomic E-state index is 0.0783. The van der Waals surface area contributed by atoms with Crippen LogP contribution in [0.25, 0.3) is 0 Å². The zero-order valence-electron chi connectivity index (χ0n) is 21.5. The second-order valence-electron chi connectivity index (χ2n) is 9.04. The molecule has 3 aromatic rings. The lowest BCUT2D eigenvalue weighted by atomic mass is 10.1. The van der Waals surface area contributed by atoms with Crippen LogP contribution < -0.4 is 9.47 Å². The van der Waals surface area contributed by atoms with Crippen LogP contribution >= 0.6 is 0 Å². The molecule has 1 aliphatic heterocycles. The minimum Gasteiger partial charge on any atom is -0.467 e. The number of fused-ring (bicyclic) bond motifs is 1. The number of nitrogens with zero attached hydrogens (tertiary/aromatic N) is 2. The summed E-state index contributed by atoms with van der Waals surface area (Å²) in [4.78, 5) is 30.2. The number of rotatable bonds is 13. The molecule has 196 valence electrons. The Morgan fingerprint density at radius 1 is 0.946 bits per heavy atom. The zero-order chi connectivity index (χ0) is 26.0. The SMILES string of the molecule is CCCCc1ccc(C(=O)N(CCOC)CC(=O)N(Cc2ccc3c(c2)OCO3)Cc2ccco2)cc1. The van der Waals surface area contributed by atoms with Crippen LogP contribution in [0.2, 0.25) is 0 Å². The third-order valence-corrected chi connectivity index (χ3v) is 6.29. The number of ether oxygens (including phenoxy) is 3. The molecule has 8 heteroatoms. The minimum atomic E-state index is -0.200. The maximum absolute atomic E-state index is 13.6. The molecule has 0 spiro atoms.